The van der Waals surface area contributed by atoms with Crippen molar-refractivity contribution in [3.63, 3.8) is 0 Å². The highest BCUT2D eigenvalue weighted by Crippen LogP contribution is 2.42. The second kappa shape index (κ2) is 5.65. The van der Waals surface area contributed by atoms with Crippen molar-refractivity contribution in [2.45, 2.75) is 45.4 Å². The molecule has 2 fully saturated rings. The van der Waals surface area contributed by atoms with Crippen molar-refractivity contribution >= 4 is 0 Å². The summed E-state index contributed by atoms with van der Waals surface area (Å²) in [4.78, 5) is 0. The Bertz CT molecular complexity index is 240. The molecule has 0 radical (unpaired) electrons. The Balaban J connectivity index is 1.70. The topological polar surface area (TPSA) is 42.5 Å². The van der Waals surface area contributed by atoms with E-state index in [4.69, 9.17) is 9.47 Å². The van der Waals surface area contributed by atoms with Crippen molar-refractivity contribution in [1.82, 2.24) is 10.6 Å². The van der Waals surface area contributed by atoms with Crippen molar-refractivity contribution in [3.8, 4) is 0 Å². The van der Waals surface area contributed by atoms with Crippen molar-refractivity contribution in [3.05, 3.63) is 0 Å². The molecule has 1 aliphatic carbocycles. The zero-order chi connectivity index (χ0) is 12.3. The van der Waals surface area contributed by atoms with Crippen LogP contribution in [0.15, 0.2) is 0 Å². The first kappa shape index (κ1) is 13.3. The van der Waals surface area contributed by atoms with Crippen LogP contribution in [0.5, 0.6) is 0 Å². The van der Waals surface area contributed by atoms with E-state index in [2.05, 4.69) is 31.4 Å². The molecule has 1 saturated carbocycles. The molecule has 4 nitrogen and oxygen atoms in total. The molecule has 17 heavy (non-hydrogen) atoms. The van der Waals surface area contributed by atoms with E-state index in [1.54, 1.807) is 0 Å². The van der Waals surface area contributed by atoms with Crippen molar-refractivity contribution < 1.29 is 9.47 Å². The zero-order valence-corrected chi connectivity index (χ0v) is 11.3. The quantitative estimate of drug-likeness (QED) is 0.747. The molecule has 4 heteroatoms. The lowest BCUT2D eigenvalue weighted by atomic mass is 9.64. The number of ether oxygens (including phenoxy) is 2. The Labute approximate surface area is 104 Å². The van der Waals surface area contributed by atoms with Crippen LogP contribution in [0.3, 0.4) is 0 Å². The normalized spacial score (nSPS) is 36.5. The van der Waals surface area contributed by atoms with Crippen LogP contribution >= 0.6 is 0 Å². The van der Waals surface area contributed by atoms with Crippen molar-refractivity contribution in [2.24, 2.45) is 5.41 Å². The molecule has 0 amide bonds. The predicted molar refractivity (Wildman–Crippen MR) is 68.2 cm³/mol. The van der Waals surface area contributed by atoms with Crippen LogP contribution in [-0.4, -0.2) is 51.1 Å². The zero-order valence-electron chi connectivity index (χ0n) is 11.3. The second-order valence-corrected chi connectivity index (χ2v) is 5.66. The molecule has 0 bridgehead atoms. The summed E-state index contributed by atoms with van der Waals surface area (Å²) >= 11 is 0. The van der Waals surface area contributed by atoms with Gasteiger partial charge >= 0.3 is 0 Å². The fraction of sp³-hybridized carbons (Fsp3) is 1.00. The molecule has 3 unspecified atom stereocenters. The summed E-state index contributed by atoms with van der Waals surface area (Å²) in [7, 11) is 0. The molecular weight excluding hydrogens is 216 g/mol. The summed E-state index contributed by atoms with van der Waals surface area (Å²) in [6.45, 7) is 11.2. The van der Waals surface area contributed by atoms with E-state index < -0.39 is 0 Å². The van der Waals surface area contributed by atoms with Gasteiger partial charge in [0, 0.05) is 37.7 Å². The van der Waals surface area contributed by atoms with Gasteiger partial charge in [-0.3, -0.25) is 0 Å². The lowest BCUT2D eigenvalue weighted by molar-refractivity contribution is -0.116. The van der Waals surface area contributed by atoms with Gasteiger partial charge in [-0.2, -0.15) is 0 Å². The van der Waals surface area contributed by atoms with Crippen LogP contribution in [0, 0.1) is 5.41 Å². The smallest absolute Gasteiger partial charge is 0.0824 e. The summed E-state index contributed by atoms with van der Waals surface area (Å²) < 4.78 is 11.4. The molecule has 0 aromatic carbocycles. The minimum Gasteiger partial charge on any atom is -0.378 e. The second-order valence-electron chi connectivity index (χ2n) is 5.66. The van der Waals surface area contributed by atoms with Crippen LogP contribution in [0.25, 0.3) is 0 Å². The molecule has 1 saturated heterocycles. The van der Waals surface area contributed by atoms with E-state index in [9.17, 15) is 0 Å². The highest BCUT2D eigenvalue weighted by Gasteiger charge is 2.48. The first-order valence-corrected chi connectivity index (χ1v) is 6.82. The largest absolute Gasteiger partial charge is 0.378 e. The van der Waals surface area contributed by atoms with Gasteiger partial charge in [-0.1, -0.05) is 13.8 Å². The Morgan fingerprint density at radius 1 is 1.47 bits per heavy atom. The molecule has 1 heterocycles. The van der Waals surface area contributed by atoms with Gasteiger partial charge in [-0.05, 0) is 13.3 Å². The molecular formula is C13H26N2O2. The maximum atomic E-state index is 5.73. The monoisotopic (exact) mass is 242 g/mol. The highest BCUT2D eigenvalue weighted by atomic mass is 16.5. The number of nitrogens with one attached hydrogen (secondary N) is 2. The van der Waals surface area contributed by atoms with E-state index in [1.807, 2.05) is 0 Å². The van der Waals surface area contributed by atoms with Gasteiger partial charge in [0.05, 0.1) is 18.8 Å². The van der Waals surface area contributed by atoms with E-state index in [-0.39, 0.29) is 5.41 Å². The number of hydrogen-bond donors (Lipinski definition) is 2. The van der Waals surface area contributed by atoms with Crippen LogP contribution in [0.1, 0.15) is 27.2 Å². The highest BCUT2D eigenvalue weighted by molar-refractivity contribution is 5.03. The lowest BCUT2D eigenvalue weighted by Crippen LogP contribution is -2.62. The van der Waals surface area contributed by atoms with E-state index in [1.165, 1.54) is 0 Å². The van der Waals surface area contributed by atoms with Crippen LogP contribution in [0.2, 0.25) is 0 Å². The average molecular weight is 242 g/mol. The number of morpholine rings is 1. The van der Waals surface area contributed by atoms with Gasteiger partial charge in [-0.25, -0.2) is 0 Å². The van der Waals surface area contributed by atoms with E-state index in [0.717, 1.165) is 39.3 Å². The number of rotatable bonds is 5. The molecule has 0 aromatic heterocycles. The lowest BCUT2D eigenvalue weighted by Gasteiger charge is -2.52. The molecule has 100 valence electrons. The predicted octanol–water partition coefficient (Wildman–Crippen LogP) is 0.768. The molecule has 3 atom stereocenters. The molecule has 2 rings (SSSR count). The third kappa shape index (κ3) is 2.99. The third-order valence-corrected chi connectivity index (χ3v) is 4.14. The van der Waals surface area contributed by atoms with Crippen LogP contribution in [-0.2, 0) is 9.47 Å². The molecule has 2 N–H and O–H groups in total. The van der Waals surface area contributed by atoms with Crippen LogP contribution in [0.4, 0.5) is 0 Å². The third-order valence-electron chi connectivity index (χ3n) is 4.14. The summed E-state index contributed by atoms with van der Waals surface area (Å²) in [5, 5.41) is 6.98. The maximum absolute atomic E-state index is 5.73. The maximum Gasteiger partial charge on any atom is 0.0824 e. The summed E-state index contributed by atoms with van der Waals surface area (Å²) in [6, 6.07) is 0.560. The summed E-state index contributed by atoms with van der Waals surface area (Å²) in [5.74, 6) is 0. The Kier molecular flexibility index (Phi) is 4.42. The SMILES string of the molecule is CCOC1CC(NCC2CNCCO2)C1(C)C. The van der Waals surface area contributed by atoms with Gasteiger partial charge in [0.1, 0.15) is 0 Å². The minimum absolute atomic E-state index is 0.248. The average Bonchev–Trinajstić information content (AvgIpc) is 2.34. The summed E-state index contributed by atoms with van der Waals surface area (Å²) in [5.41, 5.74) is 0.248. The number of hydrogen-bond acceptors (Lipinski definition) is 4. The summed E-state index contributed by atoms with van der Waals surface area (Å²) in [6.07, 6.45) is 1.86. The van der Waals surface area contributed by atoms with Gasteiger partial charge < -0.3 is 20.1 Å². The van der Waals surface area contributed by atoms with Crippen molar-refractivity contribution in [1.29, 1.82) is 0 Å². The van der Waals surface area contributed by atoms with E-state index >= 15 is 0 Å². The van der Waals surface area contributed by atoms with Gasteiger partial charge in [-0.15, -0.1) is 0 Å². The molecule has 1 aliphatic heterocycles. The standard InChI is InChI=1S/C13H26N2O2/c1-4-16-12-7-11(13(12,2)3)15-9-10-8-14-5-6-17-10/h10-12,14-15H,4-9H2,1-3H3. The molecule has 2 aliphatic rings. The molecule has 0 spiro atoms. The Morgan fingerprint density at radius 2 is 2.29 bits per heavy atom. The van der Waals surface area contributed by atoms with E-state index in [0.29, 0.717) is 18.2 Å². The van der Waals surface area contributed by atoms with Gasteiger partial charge in [0.25, 0.3) is 0 Å². The van der Waals surface area contributed by atoms with Crippen LogP contribution < -0.4 is 10.6 Å². The fourth-order valence-corrected chi connectivity index (χ4v) is 2.74. The van der Waals surface area contributed by atoms with Gasteiger partial charge in [0.2, 0.25) is 0 Å². The minimum atomic E-state index is 0.248. The first-order valence-electron chi connectivity index (χ1n) is 6.82. The molecule has 0 aromatic rings. The first-order chi connectivity index (χ1) is 8.14. The Morgan fingerprint density at radius 3 is 2.88 bits per heavy atom. The fourth-order valence-electron chi connectivity index (χ4n) is 2.74. The Hall–Kier alpha value is -0.160. The van der Waals surface area contributed by atoms with Crippen molar-refractivity contribution in [2.75, 3.05) is 32.8 Å². The van der Waals surface area contributed by atoms with Gasteiger partial charge in [0.15, 0.2) is 0 Å².